The summed E-state index contributed by atoms with van der Waals surface area (Å²) >= 11 is 0. The third-order valence-electron chi connectivity index (χ3n) is 4.94. The Bertz CT molecular complexity index is 346. The topological polar surface area (TPSA) is 0 Å². The molecule has 0 bridgehead atoms. The van der Waals surface area contributed by atoms with E-state index in [0.717, 1.165) is 0 Å². The minimum atomic E-state index is 0. The Morgan fingerprint density at radius 3 is 1.82 bits per heavy atom. The number of quaternary nitrogens is 1. The van der Waals surface area contributed by atoms with Gasteiger partial charge in [-0.15, -0.1) is 0 Å². The average Bonchev–Trinajstić information content (AvgIpc) is 2.54. The molecule has 0 radical (unpaired) electrons. The minimum Gasteiger partial charge on any atom is -1.00 e. The highest BCUT2D eigenvalue weighted by Gasteiger charge is 2.22. The molecule has 1 aromatic carbocycles. The van der Waals surface area contributed by atoms with Crippen molar-refractivity contribution in [2.45, 2.75) is 72.3 Å². The zero-order valence-corrected chi connectivity index (χ0v) is 16.6. The third kappa shape index (κ3) is 8.33. The van der Waals surface area contributed by atoms with E-state index in [1.165, 1.54) is 81.2 Å². The van der Waals surface area contributed by atoms with E-state index in [1.54, 1.807) is 0 Å². The van der Waals surface area contributed by atoms with Crippen LogP contribution in [0.5, 0.6) is 0 Å². The lowest BCUT2D eigenvalue weighted by Gasteiger charge is -2.37. The molecule has 0 N–H and O–H groups in total. The van der Waals surface area contributed by atoms with Gasteiger partial charge in [0.25, 0.3) is 0 Å². The maximum absolute atomic E-state index is 2.35. The van der Waals surface area contributed by atoms with E-state index in [4.69, 9.17) is 0 Å². The van der Waals surface area contributed by atoms with E-state index in [2.05, 4.69) is 51.1 Å². The van der Waals surface area contributed by atoms with Crippen LogP contribution in [-0.2, 0) is 6.54 Å². The van der Waals surface area contributed by atoms with Crippen molar-refractivity contribution in [2.24, 2.45) is 0 Å². The summed E-state index contributed by atoms with van der Waals surface area (Å²) in [7, 11) is 0. The minimum absolute atomic E-state index is 0. The highest BCUT2D eigenvalue weighted by atomic mass is 79.9. The molecule has 0 unspecified atom stereocenters. The molecule has 0 heterocycles. The first-order valence-corrected chi connectivity index (χ1v) is 9.15. The molecule has 0 spiro atoms. The van der Waals surface area contributed by atoms with Gasteiger partial charge >= 0.3 is 0 Å². The molecule has 0 aliphatic heterocycles. The number of benzene rings is 1. The number of rotatable bonds is 12. The zero-order chi connectivity index (χ0) is 15.4. The first-order chi connectivity index (χ1) is 10.3. The van der Waals surface area contributed by atoms with E-state index < -0.39 is 0 Å². The first-order valence-electron chi connectivity index (χ1n) is 9.15. The van der Waals surface area contributed by atoms with Gasteiger partial charge in [-0.05, 0) is 26.7 Å². The van der Waals surface area contributed by atoms with E-state index in [9.17, 15) is 0 Å². The first kappa shape index (κ1) is 21.7. The van der Waals surface area contributed by atoms with Crippen LogP contribution < -0.4 is 17.0 Å². The van der Waals surface area contributed by atoms with E-state index in [1.807, 2.05) is 0 Å². The lowest BCUT2D eigenvalue weighted by Crippen LogP contribution is -3.00. The predicted octanol–water partition coefficient (Wildman–Crippen LogP) is 2.80. The van der Waals surface area contributed by atoms with Crippen molar-refractivity contribution in [3.63, 3.8) is 0 Å². The molecular formula is C20H36BrN. The molecule has 0 aliphatic rings. The lowest BCUT2D eigenvalue weighted by atomic mass is 10.1. The smallest absolute Gasteiger partial charge is 0.104 e. The van der Waals surface area contributed by atoms with Gasteiger partial charge in [0.15, 0.2) is 0 Å². The molecule has 0 saturated heterocycles. The van der Waals surface area contributed by atoms with Crippen LogP contribution in [0.1, 0.15) is 71.3 Å². The van der Waals surface area contributed by atoms with E-state index in [0.29, 0.717) is 0 Å². The fourth-order valence-electron chi connectivity index (χ4n) is 3.22. The molecule has 0 atom stereocenters. The van der Waals surface area contributed by atoms with Crippen LogP contribution >= 0.6 is 0 Å². The Morgan fingerprint density at radius 1 is 0.727 bits per heavy atom. The molecule has 1 aromatic rings. The molecule has 1 rings (SSSR count). The Balaban J connectivity index is 0.00000441. The molecule has 2 heteroatoms. The number of hydrogen-bond acceptors (Lipinski definition) is 0. The van der Waals surface area contributed by atoms with E-state index in [-0.39, 0.29) is 17.0 Å². The second kappa shape index (κ2) is 13.1. The molecule has 0 amide bonds. The second-order valence-electron chi connectivity index (χ2n) is 6.46. The predicted molar refractivity (Wildman–Crippen MR) is 94.3 cm³/mol. The van der Waals surface area contributed by atoms with Gasteiger partial charge in [-0.3, -0.25) is 0 Å². The van der Waals surface area contributed by atoms with Crippen LogP contribution in [0.4, 0.5) is 0 Å². The normalized spacial score (nSPS) is 11.2. The van der Waals surface area contributed by atoms with Gasteiger partial charge in [0.05, 0.1) is 19.6 Å². The van der Waals surface area contributed by atoms with Crippen LogP contribution in [0.2, 0.25) is 0 Å². The van der Waals surface area contributed by atoms with Crippen LogP contribution in [0, 0.1) is 0 Å². The number of nitrogens with zero attached hydrogens (tertiary/aromatic N) is 1. The Morgan fingerprint density at radius 2 is 1.27 bits per heavy atom. The Kier molecular flexibility index (Phi) is 12.9. The number of hydrogen-bond donors (Lipinski definition) is 0. The molecule has 0 saturated carbocycles. The summed E-state index contributed by atoms with van der Waals surface area (Å²) < 4.78 is 1.25. The van der Waals surface area contributed by atoms with Crippen LogP contribution in [-0.4, -0.2) is 24.1 Å². The van der Waals surface area contributed by atoms with Gasteiger partial charge in [0, 0.05) is 5.56 Å². The van der Waals surface area contributed by atoms with Gasteiger partial charge in [0.1, 0.15) is 6.54 Å². The van der Waals surface area contributed by atoms with Crippen molar-refractivity contribution in [3.05, 3.63) is 35.9 Å². The van der Waals surface area contributed by atoms with Gasteiger partial charge in [-0.25, -0.2) is 0 Å². The summed E-state index contributed by atoms with van der Waals surface area (Å²) in [6, 6.07) is 11.0. The fraction of sp³-hybridized carbons (Fsp3) is 0.700. The van der Waals surface area contributed by atoms with Crippen molar-refractivity contribution in [1.82, 2.24) is 0 Å². The molecule has 0 aromatic heterocycles. The maximum Gasteiger partial charge on any atom is 0.104 e. The van der Waals surface area contributed by atoms with Crippen molar-refractivity contribution in [1.29, 1.82) is 0 Å². The molecule has 128 valence electrons. The maximum atomic E-state index is 2.35. The number of unbranched alkanes of at least 4 members (excludes halogenated alkanes) is 6. The molecule has 0 fully saturated rings. The van der Waals surface area contributed by atoms with E-state index >= 15 is 0 Å². The molecule has 1 nitrogen and oxygen atoms in total. The van der Waals surface area contributed by atoms with Gasteiger partial charge < -0.3 is 21.5 Å². The molecular weight excluding hydrogens is 334 g/mol. The summed E-state index contributed by atoms with van der Waals surface area (Å²) in [5, 5.41) is 0. The molecule has 0 aliphatic carbocycles. The van der Waals surface area contributed by atoms with Crippen molar-refractivity contribution >= 4 is 0 Å². The second-order valence-corrected chi connectivity index (χ2v) is 6.46. The quantitative estimate of drug-likeness (QED) is 0.392. The third-order valence-corrected chi connectivity index (χ3v) is 4.94. The van der Waals surface area contributed by atoms with Crippen molar-refractivity contribution in [3.8, 4) is 0 Å². The largest absolute Gasteiger partial charge is 1.00 e. The van der Waals surface area contributed by atoms with Gasteiger partial charge in [0.2, 0.25) is 0 Å². The zero-order valence-electron chi connectivity index (χ0n) is 15.0. The van der Waals surface area contributed by atoms with Gasteiger partial charge in [-0.2, -0.15) is 0 Å². The molecule has 22 heavy (non-hydrogen) atoms. The SMILES string of the molecule is CCCCCCCCC[N+](CC)(CC)Cc1ccccc1.[Br-]. The van der Waals surface area contributed by atoms with Crippen LogP contribution in [0.15, 0.2) is 30.3 Å². The Hall–Kier alpha value is -0.340. The highest BCUT2D eigenvalue weighted by molar-refractivity contribution is 5.13. The highest BCUT2D eigenvalue weighted by Crippen LogP contribution is 2.17. The summed E-state index contributed by atoms with van der Waals surface area (Å²) in [6.07, 6.45) is 9.87. The average molecular weight is 370 g/mol. The standard InChI is InChI=1S/C20H36N.BrH/c1-4-7-8-9-10-11-15-18-21(5-2,6-3)19-20-16-13-12-14-17-20;/h12-14,16-17H,4-11,15,18-19H2,1-3H3;1H/q+1;/p-1. The van der Waals surface area contributed by atoms with Crippen molar-refractivity contribution in [2.75, 3.05) is 19.6 Å². The summed E-state index contributed by atoms with van der Waals surface area (Å²) in [5.41, 5.74) is 1.49. The van der Waals surface area contributed by atoms with Crippen molar-refractivity contribution < 1.29 is 21.5 Å². The van der Waals surface area contributed by atoms with Crippen LogP contribution in [0.25, 0.3) is 0 Å². The fourth-order valence-corrected chi connectivity index (χ4v) is 3.22. The van der Waals surface area contributed by atoms with Gasteiger partial charge in [-0.1, -0.05) is 69.4 Å². The summed E-state index contributed by atoms with van der Waals surface area (Å²) in [5.74, 6) is 0. The Labute approximate surface area is 149 Å². The van der Waals surface area contributed by atoms with Crippen LogP contribution in [0.3, 0.4) is 0 Å². The monoisotopic (exact) mass is 369 g/mol. The lowest BCUT2D eigenvalue weighted by molar-refractivity contribution is -0.938. The summed E-state index contributed by atoms with van der Waals surface area (Å²) in [4.78, 5) is 0. The number of halogens is 1. The summed E-state index contributed by atoms with van der Waals surface area (Å²) in [6.45, 7) is 12.0.